The first kappa shape index (κ1) is 12.3. The van der Waals surface area contributed by atoms with Gasteiger partial charge in [0.1, 0.15) is 12.4 Å². The molecule has 0 aliphatic rings. The summed E-state index contributed by atoms with van der Waals surface area (Å²) in [6, 6.07) is 5.14. The van der Waals surface area contributed by atoms with E-state index < -0.39 is 6.10 Å². The van der Waals surface area contributed by atoms with Crippen molar-refractivity contribution in [2.24, 2.45) is 5.73 Å². The molecule has 1 rings (SSSR count). The van der Waals surface area contributed by atoms with Gasteiger partial charge in [-0.2, -0.15) is 0 Å². The van der Waals surface area contributed by atoms with Crippen molar-refractivity contribution in [3.8, 4) is 5.75 Å². The van der Waals surface area contributed by atoms with Crippen molar-refractivity contribution in [1.82, 2.24) is 0 Å². The molecule has 4 heteroatoms. The van der Waals surface area contributed by atoms with Crippen molar-refractivity contribution in [3.05, 3.63) is 28.8 Å². The van der Waals surface area contributed by atoms with Crippen LogP contribution < -0.4 is 10.5 Å². The predicted molar refractivity (Wildman–Crippen MR) is 61.2 cm³/mol. The van der Waals surface area contributed by atoms with Crippen LogP contribution in [0.2, 0.25) is 5.02 Å². The number of hydrogen-bond acceptors (Lipinski definition) is 3. The predicted octanol–water partition coefficient (Wildman–Crippen LogP) is 2.12. The van der Waals surface area contributed by atoms with Crippen LogP contribution in [-0.4, -0.2) is 17.8 Å². The fraction of sp³-hybridized carbons (Fsp3) is 0.455. The summed E-state index contributed by atoms with van der Waals surface area (Å²) >= 11 is 5.86. The summed E-state index contributed by atoms with van der Waals surface area (Å²) in [7, 11) is 0. The SMILES string of the molecule is CC(O)COc1ccc(Cl)cc1C(C)N. The molecule has 0 saturated carbocycles. The summed E-state index contributed by atoms with van der Waals surface area (Å²) in [6.07, 6.45) is -0.499. The third-order valence-electron chi connectivity index (χ3n) is 1.94. The molecule has 0 heterocycles. The highest BCUT2D eigenvalue weighted by molar-refractivity contribution is 6.30. The van der Waals surface area contributed by atoms with Gasteiger partial charge in [0.2, 0.25) is 0 Å². The monoisotopic (exact) mass is 229 g/mol. The number of halogens is 1. The molecular formula is C11H16ClNO2. The fourth-order valence-electron chi connectivity index (χ4n) is 1.22. The van der Waals surface area contributed by atoms with Gasteiger partial charge in [-0.3, -0.25) is 0 Å². The van der Waals surface area contributed by atoms with Crippen LogP contribution in [0.1, 0.15) is 25.5 Å². The topological polar surface area (TPSA) is 55.5 Å². The number of nitrogens with two attached hydrogens (primary N) is 1. The van der Waals surface area contributed by atoms with E-state index in [0.29, 0.717) is 10.8 Å². The summed E-state index contributed by atoms with van der Waals surface area (Å²) in [5, 5.41) is 9.75. The molecule has 3 N–H and O–H groups in total. The maximum absolute atomic E-state index is 9.12. The zero-order chi connectivity index (χ0) is 11.4. The lowest BCUT2D eigenvalue weighted by Crippen LogP contribution is -2.15. The molecule has 1 aromatic carbocycles. The Morgan fingerprint density at radius 2 is 2.13 bits per heavy atom. The van der Waals surface area contributed by atoms with Crippen LogP contribution >= 0.6 is 11.6 Å². The summed E-state index contributed by atoms with van der Waals surface area (Å²) in [4.78, 5) is 0. The minimum atomic E-state index is -0.499. The number of aliphatic hydroxyl groups excluding tert-OH is 1. The van der Waals surface area contributed by atoms with Gasteiger partial charge in [-0.1, -0.05) is 11.6 Å². The Bertz CT molecular complexity index is 326. The van der Waals surface area contributed by atoms with Crippen LogP contribution in [0.15, 0.2) is 18.2 Å². The number of benzene rings is 1. The smallest absolute Gasteiger partial charge is 0.124 e. The third-order valence-corrected chi connectivity index (χ3v) is 2.18. The van der Waals surface area contributed by atoms with Gasteiger partial charge < -0.3 is 15.6 Å². The number of ether oxygens (including phenoxy) is 1. The third kappa shape index (κ3) is 3.70. The van der Waals surface area contributed by atoms with Gasteiger partial charge >= 0.3 is 0 Å². The van der Waals surface area contributed by atoms with Crippen LogP contribution in [0.3, 0.4) is 0 Å². The van der Waals surface area contributed by atoms with Crippen molar-refractivity contribution >= 4 is 11.6 Å². The molecule has 0 aromatic heterocycles. The molecule has 0 radical (unpaired) electrons. The number of aliphatic hydroxyl groups is 1. The van der Waals surface area contributed by atoms with E-state index in [0.717, 1.165) is 5.56 Å². The van der Waals surface area contributed by atoms with Crippen LogP contribution in [0.4, 0.5) is 0 Å². The average Bonchev–Trinajstić information content (AvgIpc) is 2.15. The zero-order valence-corrected chi connectivity index (χ0v) is 9.66. The molecule has 0 aliphatic heterocycles. The van der Waals surface area contributed by atoms with Crippen molar-refractivity contribution < 1.29 is 9.84 Å². The standard InChI is InChI=1S/C11H16ClNO2/c1-7(14)6-15-11-4-3-9(12)5-10(11)8(2)13/h3-5,7-8,14H,6,13H2,1-2H3. The van der Waals surface area contributed by atoms with Gasteiger partial charge in [-0.05, 0) is 32.0 Å². The molecule has 0 fully saturated rings. The molecule has 2 unspecified atom stereocenters. The minimum Gasteiger partial charge on any atom is -0.491 e. The summed E-state index contributed by atoms with van der Waals surface area (Å²) < 4.78 is 5.43. The van der Waals surface area contributed by atoms with Crippen molar-refractivity contribution in [1.29, 1.82) is 0 Å². The normalized spacial score (nSPS) is 14.7. The molecule has 0 aliphatic carbocycles. The van der Waals surface area contributed by atoms with E-state index in [9.17, 15) is 0 Å². The van der Waals surface area contributed by atoms with Gasteiger partial charge in [-0.15, -0.1) is 0 Å². The molecule has 84 valence electrons. The van der Waals surface area contributed by atoms with Gasteiger partial charge in [0.25, 0.3) is 0 Å². The van der Waals surface area contributed by atoms with Crippen molar-refractivity contribution in [2.75, 3.05) is 6.61 Å². The lowest BCUT2D eigenvalue weighted by molar-refractivity contribution is 0.122. The van der Waals surface area contributed by atoms with Crippen molar-refractivity contribution in [3.63, 3.8) is 0 Å². The Hall–Kier alpha value is -0.770. The molecule has 15 heavy (non-hydrogen) atoms. The Morgan fingerprint density at radius 1 is 1.47 bits per heavy atom. The van der Waals surface area contributed by atoms with Crippen LogP contribution in [0.25, 0.3) is 0 Å². The summed E-state index contributed by atoms with van der Waals surface area (Å²) in [5.41, 5.74) is 6.64. The summed E-state index contributed by atoms with van der Waals surface area (Å²) in [5.74, 6) is 0.676. The Kier molecular flexibility index (Phi) is 4.39. The molecule has 3 nitrogen and oxygen atoms in total. The maximum Gasteiger partial charge on any atom is 0.124 e. The lowest BCUT2D eigenvalue weighted by atomic mass is 10.1. The minimum absolute atomic E-state index is 0.146. The van der Waals surface area contributed by atoms with Gasteiger partial charge in [0, 0.05) is 16.6 Å². The molecule has 2 atom stereocenters. The molecule has 1 aromatic rings. The fourth-order valence-corrected chi connectivity index (χ4v) is 1.40. The van der Waals surface area contributed by atoms with E-state index in [4.69, 9.17) is 27.2 Å². The highest BCUT2D eigenvalue weighted by atomic mass is 35.5. The van der Waals surface area contributed by atoms with E-state index in [-0.39, 0.29) is 12.6 Å². The van der Waals surface area contributed by atoms with E-state index in [1.165, 1.54) is 0 Å². The van der Waals surface area contributed by atoms with Crippen molar-refractivity contribution in [2.45, 2.75) is 26.0 Å². The second-order valence-electron chi connectivity index (χ2n) is 3.63. The van der Waals surface area contributed by atoms with Crippen LogP contribution in [0, 0.1) is 0 Å². The second-order valence-corrected chi connectivity index (χ2v) is 4.07. The quantitative estimate of drug-likeness (QED) is 0.832. The van der Waals surface area contributed by atoms with E-state index in [1.807, 2.05) is 6.92 Å². The Morgan fingerprint density at radius 3 is 2.67 bits per heavy atom. The molecule has 0 amide bonds. The van der Waals surface area contributed by atoms with Gasteiger partial charge in [-0.25, -0.2) is 0 Å². The highest BCUT2D eigenvalue weighted by Gasteiger charge is 2.09. The number of rotatable bonds is 4. The molecule has 0 saturated heterocycles. The number of hydrogen-bond donors (Lipinski definition) is 2. The highest BCUT2D eigenvalue weighted by Crippen LogP contribution is 2.27. The van der Waals surface area contributed by atoms with Gasteiger partial charge in [0.15, 0.2) is 0 Å². The molecule has 0 bridgehead atoms. The van der Waals surface area contributed by atoms with Crippen LogP contribution in [0.5, 0.6) is 5.75 Å². The second kappa shape index (κ2) is 5.35. The Balaban J connectivity index is 2.86. The first-order valence-corrected chi connectivity index (χ1v) is 5.24. The average molecular weight is 230 g/mol. The molecular weight excluding hydrogens is 214 g/mol. The van der Waals surface area contributed by atoms with Crippen LogP contribution in [-0.2, 0) is 0 Å². The Labute approximate surface area is 94.8 Å². The first-order chi connectivity index (χ1) is 7.00. The largest absolute Gasteiger partial charge is 0.491 e. The van der Waals surface area contributed by atoms with E-state index in [1.54, 1.807) is 25.1 Å². The summed E-state index contributed by atoms with van der Waals surface area (Å²) in [6.45, 7) is 3.78. The van der Waals surface area contributed by atoms with E-state index in [2.05, 4.69) is 0 Å². The lowest BCUT2D eigenvalue weighted by Gasteiger charge is -2.15. The zero-order valence-electron chi connectivity index (χ0n) is 8.90. The van der Waals surface area contributed by atoms with E-state index >= 15 is 0 Å². The molecule has 0 spiro atoms. The first-order valence-electron chi connectivity index (χ1n) is 4.86. The maximum atomic E-state index is 9.12. The van der Waals surface area contributed by atoms with Gasteiger partial charge in [0.05, 0.1) is 6.10 Å².